The van der Waals surface area contributed by atoms with Crippen molar-refractivity contribution in [3.8, 4) is 0 Å². The van der Waals surface area contributed by atoms with Gasteiger partial charge in [-0.3, -0.25) is 0 Å². The average Bonchev–Trinajstić information content (AvgIpc) is 3.03. The van der Waals surface area contributed by atoms with Gasteiger partial charge in [0, 0.05) is 18.8 Å². The highest BCUT2D eigenvalue weighted by Crippen LogP contribution is 2.35. The van der Waals surface area contributed by atoms with Crippen LogP contribution < -0.4 is 4.90 Å². The molecule has 0 N–H and O–H groups in total. The predicted octanol–water partition coefficient (Wildman–Crippen LogP) is 3.59. The molecule has 1 aromatic carbocycles. The van der Waals surface area contributed by atoms with E-state index in [9.17, 15) is 14.0 Å². The molecule has 0 aromatic heterocycles. The second kappa shape index (κ2) is 7.37. The summed E-state index contributed by atoms with van der Waals surface area (Å²) in [7, 11) is 1.28. The summed E-state index contributed by atoms with van der Waals surface area (Å²) in [4.78, 5) is 28.3. The number of carbonyl (C=O) groups is 2. The second-order valence-electron chi connectivity index (χ2n) is 8.12. The van der Waals surface area contributed by atoms with E-state index in [0.29, 0.717) is 12.2 Å². The fraction of sp³-hybridized carbons (Fsp3) is 0.600. The van der Waals surface area contributed by atoms with Gasteiger partial charge in [0.1, 0.15) is 11.4 Å². The van der Waals surface area contributed by atoms with Crippen molar-refractivity contribution in [2.75, 3.05) is 25.1 Å². The lowest BCUT2D eigenvalue weighted by Crippen LogP contribution is -2.51. The molecule has 3 rings (SSSR count). The highest BCUT2D eigenvalue weighted by molar-refractivity contribution is 5.90. The van der Waals surface area contributed by atoms with Crippen LogP contribution in [0.15, 0.2) is 18.2 Å². The number of likely N-dealkylation sites (tertiary alicyclic amines) is 1. The van der Waals surface area contributed by atoms with Gasteiger partial charge in [-0.1, -0.05) is 0 Å². The Labute approximate surface area is 159 Å². The largest absolute Gasteiger partial charge is 0.465 e. The minimum Gasteiger partial charge on any atom is -0.465 e. The van der Waals surface area contributed by atoms with Crippen LogP contribution in [0.1, 0.15) is 50.4 Å². The minimum atomic E-state index is -0.564. The van der Waals surface area contributed by atoms with Gasteiger partial charge in [0.15, 0.2) is 0 Å². The van der Waals surface area contributed by atoms with Crippen molar-refractivity contribution in [1.82, 2.24) is 4.90 Å². The third-order valence-electron chi connectivity index (χ3n) is 5.07. The lowest BCUT2D eigenvalue weighted by Gasteiger charge is -2.41. The summed E-state index contributed by atoms with van der Waals surface area (Å²) >= 11 is 0. The van der Waals surface area contributed by atoms with Gasteiger partial charge in [0.2, 0.25) is 0 Å². The van der Waals surface area contributed by atoms with Crippen molar-refractivity contribution in [3.05, 3.63) is 29.6 Å². The molecule has 2 unspecified atom stereocenters. The van der Waals surface area contributed by atoms with Gasteiger partial charge < -0.3 is 19.3 Å². The molecule has 2 heterocycles. The molecular formula is C20H27FN2O4. The first-order chi connectivity index (χ1) is 12.7. The Balaban J connectivity index is 1.83. The number of fused-ring (bicyclic) bond motifs is 1. The van der Waals surface area contributed by atoms with Crippen LogP contribution in [0, 0.1) is 5.82 Å². The molecule has 2 fully saturated rings. The number of piperidine rings is 1. The van der Waals surface area contributed by atoms with Crippen molar-refractivity contribution in [2.45, 2.75) is 57.7 Å². The molecule has 1 amide bonds. The molecule has 0 bridgehead atoms. The highest BCUT2D eigenvalue weighted by Gasteiger charge is 2.43. The number of amides is 1. The molecular weight excluding hydrogens is 351 g/mol. The van der Waals surface area contributed by atoms with Crippen molar-refractivity contribution < 1.29 is 23.5 Å². The molecule has 2 aliphatic heterocycles. The maximum atomic E-state index is 14.1. The van der Waals surface area contributed by atoms with Crippen LogP contribution in [0.25, 0.3) is 0 Å². The van der Waals surface area contributed by atoms with E-state index < -0.39 is 17.4 Å². The maximum absolute atomic E-state index is 14.1. The van der Waals surface area contributed by atoms with Gasteiger partial charge >= 0.3 is 12.1 Å². The number of halogens is 1. The van der Waals surface area contributed by atoms with E-state index in [4.69, 9.17) is 9.47 Å². The monoisotopic (exact) mass is 378 g/mol. The molecule has 2 aliphatic rings. The van der Waals surface area contributed by atoms with Gasteiger partial charge in [0.25, 0.3) is 0 Å². The number of ether oxygens (including phenoxy) is 2. The molecule has 0 aliphatic carbocycles. The quantitative estimate of drug-likeness (QED) is 0.736. The van der Waals surface area contributed by atoms with Crippen LogP contribution in [0.5, 0.6) is 0 Å². The van der Waals surface area contributed by atoms with Crippen molar-refractivity contribution in [3.63, 3.8) is 0 Å². The Bertz CT molecular complexity index is 731. The van der Waals surface area contributed by atoms with E-state index in [2.05, 4.69) is 4.90 Å². The molecule has 27 heavy (non-hydrogen) atoms. The SMILES string of the molecule is COC(=O)c1cc(F)cc(N2CCCC3C2CCN3C(=O)OC(C)(C)C)c1. The second-order valence-corrected chi connectivity index (χ2v) is 8.12. The summed E-state index contributed by atoms with van der Waals surface area (Å²) in [5.74, 6) is -1.04. The number of esters is 1. The van der Waals surface area contributed by atoms with Gasteiger partial charge in [-0.25, -0.2) is 14.0 Å². The number of rotatable bonds is 2. The van der Waals surface area contributed by atoms with Crippen molar-refractivity contribution >= 4 is 17.7 Å². The molecule has 6 nitrogen and oxygen atoms in total. The summed E-state index contributed by atoms with van der Waals surface area (Å²) in [5, 5.41) is 0. The molecule has 2 saturated heterocycles. The number of nitrogens with zero attached hydrogens (tertiary/aromatic N) is 2. The summed E-state index contributed by atoms with van der Waals surface area (Å²) in [6.07, 6.45) is 2.25. The van der Waals surface area contributed by atoms with Crippen LogP contribution in [0.2, 0.25) is 0 Å². The molecule has 0 saturated carbocycles. The molecule has 0 radical (unpaired) electrons. The number of benzene rings is 1. The number of methoxy groups -OCH3 is 1. The Hall–Kier alpha value is -2.31. The average molecular weight is 378 g/mol. The molecule has 2 atom stereocenters. The first-order valence-electron chi connectivity index (χ1n) is 9.35. The topological polar surface area (TPSA) is 59.1 Å². The van der Waals surface area contributed by atoms with E-state index in [0.717, 1.165) is 25.8 Å². The number of carbonyl (C=O) groups excluding carboxylic acids is 2. The normalized spacial score (nSPS) is 22.4. The smallest absolute Gasteiger partial charge is 0.410 e. The molecule has 0 spiro atoms. The van der Waals surface area contributed by atoms with E-state index in [1.807, 2.05) is 20.8 Å². The zero-order chi connectivity index (χ0) is 19.8. The van der Waals surface area contributed by atoms with E-state index in [-0.39, 0.29) is 23.7 Å². The fourth-order valence-corrected chi connectivity index (χ4v) is 4.03. The van der Waals surface area contributed by atoms with E-state index in [1.165, 1.54) is 19.2 Å². The minimum absolute atomic E-state index is 0.0263. The summed E-state index contributed by atoms with van der Waals surface area (Å²) in [6.45, 7) is 6.93. The first-order valence-corrected chi connectivity index (χ1v) is 9.35. The van der Waals surface area contributed by atoms with Crippen LogP contribution in [-0.2, 0) is 9.47 Å². The zero-order valence-electron chi connectivity index (χ0n) is 16.3. The molecule has 1 aromatic rings. The summed E-state index contributed by atoms with van der Waals surface area (Å²) in [5.41, 5.74) is 0.300. The van der Waals surface area contributed by atoms with Crippen LogP contribution in [0.4, 0.5) is 14.9 Å². The Morgan fingerprint density at radius 2 is 1.85 bits per heavy atom. The fourth-order valence-electron chi connectivity index (χ4n) is 4.03. The van der Waals surface area contributed by atoms with E-state index in [1.54, 1.807) is 11.0 Å². The molecule has 148 valence electrons. The van der Waals surface area contributed by atoms with Crippen molar-refractivity contribution in [1.29, 1.82) is 0 Å². The van der Waals surface area contributed by atoms with Crippen LogP contribution in [-0.4, -0.2) is 54.8 Å². The number of hydrogen-bond acceptors (Lipinski definition) is 5. The highest BCUT2D eigenvalue weighted by atomic mass is 19.1. The van der Waals surface area contributed by atoms with E-state index >= 15 is 0 Å². The Kier molecular flexibility index (Phi) is 5.31. The van der Waals surface area contributed by atoms with Gasteiger partial charge in [0.05, 0.1) is 24.8 Å². The third kappa shape index (κ3) is 4.17. The van der Waals surface area contributed by atoms with Crippen molar-refractivity contribution in [2.24, 2.45) is 0 Å². The standard InChI is InChI=1S/C20H27FN2O4/c1-20(2,3)27-19(25)23-9-7-17-16(23)6-5-8-22(17)15-11-13(18(24)26-4)10-14(21)12-15/h10-12,16-17H,5-9H2,1-4H3. The van der Waals surface area contributed by atoms with Crippen LogP contribution >= 0.6 is 0 Å². The van der Waals surface area contributed by atoms with Gasteiger partial charge in [-0.05, 0) is 58.2 Å². The number of hydrogen-bond donors (Lipinski definition) is 0. The Morgan fingerprint density at radius 3 is 2.52 bits per heavy atom. The van der Waals surface area contributed by atoms with Crippen LogP contribution in [0.3, 0.4) is 0 Å². The zero-order valence-corrected chi connectivity index (χ0v) is 16.3. The lowest BCUT2D eigenvalue weighted by atomic mass is 9.96. The van der Waals surface area contributed by atoms with Gasteiger partial charge in [-0.2, -0.15) is 0 Å². The maximum Gasteiger partial charge on any atom is 0.410 e. The molecule has 7 heteroatoms. The first kappa shape index (κ1) is 19.5. The number of anilines is 1. The predicted molar refractivity (Wildman–Crippen MR) is 99.5 cm³/mol. The Morgan fingerprint density at radius 1 is 1.11 bits per heavy atom. The summed E-state index contributed by atoms with van der Waals surface area (Å²) < 4.78 is 24.4. The van der Waals surface area contributed by atoms with Gasteiger partial charge in [-0.15, -0.1) is 0 Å². The third-order valence-corrected chi connectivity index (χ3v) is 5.07. The summed E-state index contributed by atoms with van der Waals surface area (Å²) in [6, 6.07) is 4.38. The lowest BCUT2D eigenvalue weighted by molar-refractivity contribution is 0.0204.